The van der Waals surface area contributed by atoms with Crippen molar-refractivity contribution in [2.45, 2.75) is 32.9 Å². The van der Waals surface area contributed by atoms with Gasteiger partial charge in [-0.2, -0.15) is 5.10 Å². The third-order valence-electron chi connectivity index (χ3n) is 3.07. The van der Waals surface area contributed by atoms with E-state index in [-0.39, 0.29) is 12.0 Å². The molecule has 0 saturated carbocycles. The summed E-state index contributed by atoms with van der Waals surface area (Å²) < 4.78 is 41.1. The van der Waals surface area contributed by atoms with E-state index in [1.165, 1.54) is 6.33 Å². The lowest BCUT2D eigenvalue weighted by molar-refractivity contribution is 0.440. The van der Waals surface area contributed by atoms with Crippen LogP contribution < -0.4 is 5.73 Å². The highest BCUT2D eigenvalue weighted by Crippen LogP contribution is 2.20. The Hall–Kier alpha value is -1.89. The Bertz CT molecular complexity index is 601. The molecule has 0 fully saturated rings. The first-order valence-corrected chi connectivity index (χ1v) is 6.65. The maximum atomic E-state index is 13.2. The number of benzene rings is 1. The summed E-state index contributed by atoms with van der Waals surface area (Å²) in [4.78, 5) is 4.11. The van der Waals surface area contributed by atoms with E-state index in [0.717, 1.165) is 12.1 Å². The monoisotopic (exact) mass is 298 g/mol. The standard InChI is InChI=1S/C14H17F3N4/c1-8(2)6-21-13(19-7-20-21)5-12(18)9-3-10(15)14(17)11(16)4-9/h3-4,7-8,12H,5-6,18H2,1-2H3. The molecule has 4 nitrogen and oxygen atoms in total. The molecule has 1 unspecified atom stereocenters. The van der Waals surface area contributed by atoms with E-state index in [0.29, 0.717) is 18.3 Å². The van der Waals surface area contributed by atoms with Crippen molar-refractivity contribution in [3.05, 3.63) is 47.3 Å². The Morgan fingerprint density at radius 1 is 1.19 bits per heavy atom. The minimum Gasteiger partial charge on any atom is -0.324 e. The first-order chi connectivity index (χ1) is 9.88. The maximum Gasteiger partial charge on any atom is 0.194 e. The highest BCUT2D eigenvalue weighted by atomic mass is 19.2. The van der Waals surface area contributed by atoms with Crippen molar-refractivity contribution < 1.29 is 13.2 Å². The predicted molar refractivity (Wildman–Crippen MR) is 71.8 cm³/mol. The topological polar surface area (TPSA) is 56.7 Å². The molecule has 0 amide bonds. The molecule has 2 N–H and O–H groups in total. The average Bonchev–Trinajstić information content (AvgIpc) is 2.81. The van der Waals surface area contributed by atoms with Crippen LogP contribution >= 0.6 is 0 Å². The van der Waals surface area contributed by atoms with Gasteiger partial charge in [0.1, 0.15) is 12.2 Å². The minimum atomic E-state index is -1.49. The predicted octanol–water partition coefficient (Wildman–Crippen LogP) is 2.59. The van der Waals surface area contributed by atoms with Crippen molar-refractivity contribution in [2.75, 3.05) is 0 Å². The molecule has 0 aliphatic rings. The van der Waals surface area contributed by atoms with Crippen molar-refractivity contribution in [1.29, 1.82) is 0 Å². The van der Waals surface area contributed by atoms with E-state index in [4.69, 9.17) is 5.73 Å². The molecular weight excluding hydrogens is 281 g/mol. The first-order valence-electron chi connectivity index (χ1n) is 6.65. The van der Waals surface area contributed by atoms with Gasteiger partial charge in [0.15, 0.2) is 17.5 Å². The largest absolute Gasteiger partial charge is 0.324 e. The van der Waals surface area contributed by atoms with Gasteiger partial charge in [0.2, 0.25) is 0 Å². The van der Waals surface area contributed by atoms with Crippen LogP contribution in [0.2, 0.25) is 0 Å². The third-order valence-corrected chi connectivity index (χ3v) is 3.07. The molecule has 114 valence electrons. The van der Waals surface area contributed by atoms with Gasteiger partial charge in [-0.25, -0.2) is 22.8 Å². The molecule has 1 atom stereocenters. The SMILES string of the molecule is CC(C)Cn1ncnc1CC(N)c1cc(F)c(F)c(F)c1. The van der Waals surface area contributed by atoms with Gasteiger partial charge in [-0.1, -0.05) is 13.8 Å². The number of hydrogen-bond donors (Lipinski definition) is 1. The molecule has 1 heterocycles. The fraction of sp³-hybridized carbons (Fsp3) is 0.429. The number of nitrogens with two attached hydrogens (primary N) is 1. The van der Waals surface area contributed by atoms with Gasteiger partial charge < -0.3 is 5.73 Å². The third kappa shape index (κ3) is 3.60. The van der Waals surface area contributed by atoms with Crippen LogP contribution in [0, 0.1) is 23.4 Å². The van der Waals surface area contributed by atoms with E-state index in [2.05, 4.69) is 10.1 Å². The summed E-state index contributed by atoms with van der Waals surface area (Å²) in [5.41, 5.74) is 6.12. The molecular formula is C14H17F3N4. The normalized spacial score (nSPS) is 12.9. The Labute approximate surface area is 120 Å². The Morgan fingerprint density at radius 2 is 1.81 bits per heavy atom. The number of halogens is 3. The van der Waals surface area contributed by atoms with Crippen molar-refractivity contribution in [2.24, 2.45) is 11.7 Å². The zero-order valence-electron chi connectivity index (χ0n) is 11.9. The van der Waals surface area contributed by atoms with Gasteiger partial charge in [-0.3, -0.25) is 0 Å². The fourth-order valence-electron chi connectivity index (χ4n) is 2.05. The van der Waals surface area contributed by atoms with Crippen LogP contribution in [0.15, 0.2) is 18.5 Å². The quantitative estimate of drug-likeness (QED) is 0.863. The molecule has 1 aromatic carbocycles. The first kappa shape index (κ1) is 15.5. The van der Waals surface area contributed by atoms with Gasteiger partial charge in [0.25, 0.3) is 0 Å². The number of nitrogens with zero attached hydrogens (tertiary/aromatic N) is 3. The van der Waals surface area contributed by atoms with E-state index in [9.17, 15) is 13.2 Å². The van der Waals surface area contributed by atoms with E-state index in [1.54, 1.807) is 4.68 Å². The van der Waals surface area contributed by atoms with E-state index < -0.39 is 23.5 Å². The highest BCUT2D eigenvalue weighted by molar-refractivity contribution is 5.23. The summed E-state index contributed by atoms with van der Waals surface area (Å²) >= 11 is 0. The molecule has 0 saturated heterocycles. The molecule has 0 radical (unpaired) electrons. The summed E-state index contributed by atoms with van der Waals surface area (Å²) in [7, 11) is 0. The Kier molecular flexibility index (Phi) is 4.62. The van der Waals surface area contributed by atoms with Crippen LogP contribution in [-0.4, -0.2) is 14.8 Å². The van der Waals surface area contributed by atoms with Gasteiger partial charge in [-0.15, -0.1) is 0 Å². The Balaban J connectivity index is 2.18. The molecule has 2 rings (SSSR count). The maximum absolute atomic E-state index is 13.2. The van der Waals surface area contributed by atoms with Gasteiger partial charge >= 0.3 is 0 Å². The lowest BCUT2D eigenvalue weighted by Crippen LogP contribution is -2.19. The van der Waals surface area contributed by atoms with Crippen molar-refractivity contribution >= 4 is 0 Å². The van der Waals surface area contributed by atoms with Crippen LogP contribution in [0.3, 0.4) is 0 Å². The van der Waals surface area contributed by atoms with Gasteiger partial charge in [0.05, 0.1) is 0 Å². The second-order valence-corrected chi connectivity index (χ2v) is 5.36. The number of hydrogen-bond acceptors (Lipinski definition) is 3. The minimum absolute atomic E-state index is 0.186. The summed E-state index contributed by atoms with van der Waals surface area (Å²) in [5, 5.41) is 4.09. The van der Waals surface area contributed by atoms with Gasteiger partial charge in [0, 0.05) is 19.0 Å². The number of rotatable bonds is 5. The average molecular weight is 298 g/mol. The fourth-order valence-corrected chi connectivity index (χ4v) is 2.05. The van der Waals surface area contributed by atoms with Crippen LogP contribution in [0.25, 0.3) is 0 Å². The summed E-state index contributed by atoms with van der Waals surface area (Å²) in [6.45, 7) is 4.75. The molecule has 0 spiro atoms. The zero-order chi connectivity index (χ0) is 15.6. The molecule has 0 aliphatic heterocycles. The lowest BCUT2D eigenvalue weighted by Gasteiger charge is -2.14. The number of aromatic nitrogens is 3. The van der Waals surface area contributed by atoms with Crippen LogP contribution in [0.1, 0.15) is 31.3 Å². The van der Waals surface area contributed by atoms with Gasteiger partial charge in [-0.05, 0) is 23.6 Å². The summed E-state index contributed by atoms with van der Waals surface area (Å²) in [5.74, 6) is -2.98. The van der Waals surface area contributed by atoms with Crippen molar-refractivity contribution in [3.8, 4) is 0 Å². The zero-order valence-corrected chi connectivity index (χ0v) is 11.9. The Morgan fingerprint density at radius 3 is 2.38 bits per heavy atom. The van der Waals surface area contributed by atoms with Crippen molar-refractivity contribution in [3.63, 3.8) is 0 Å². The van der Waals surface area contributed by atoms with E-state index in [1.807, 2.05) is 13.8 Å². The summed E-state index contributed by atoms with van der Waals surface area (Å²) in [6, 6.07) is 1.13. The second kappa shape index (κ2) is 6.26. The smallest absolute Gasteiger partial charge is 0.194 e. The van der Waals surface area contributed by atoms with Crippen LogP contribution in [-0.2, 0) is 13.0 Å². The summed E-state index contributed by atoms with van der Waals surface area (Å²) in [6.07, 6.45) is 1.67. The molecule has 0 bridgehead atoms. The molecule has 1 aromatic heterocycles. The second-order valence-electron chi connectivity index (χ2n) is 5.36. The lowest BCUT2D eigenvalue weighted by atomic mass is 10.0. The van der Waals surface area contributed by atoms with Crippen molar-refractivity contribution in [1.82, 2.24) is 14.8 Å². The molecule has 0 aliphatic carbocycles. The van der Waals surface area contributed by atoms with Crippen LogP contribution in [0.4, 0.5) is 13.2 Å². The molecule has 2 aromatic rings. The van der Waals surface area contributed by atoms with E-state index >= 15 is 0 Å². The van der Waals surface area contributed by atoms with Crippen LogP contribution in [0.5, 0.6) is 0 Å². The molecule has 7 heteroatoms. The molecule has 21 heavy (non-hydrogen) atoms. The highest BCUT2D eigenvalue weighted by Gasteiger charge is 2.17.